The van der Waals surface area contributed by atoms with Crippen LogP contribution in [0.5, 0.6) is 5.75 Å². The summed E-state index contributed by atoms with van der Waals surface area (Å²) in [7, 11) is 0. The zero-order valence-corrected chi connectivity index (χ0v) is 13.4. The zero-order chi connectivity index (χ0) is 15.8. The highest BCUT2D eigenvalue weighted by Crippen LogP contribution is 2.23. The van der Waals surface area contributed by atoms with Gasteiger partial charge < -0.3 is 15.2 Å². The van der Waals surface area contributed by atoms with E-state index in [0.29, 0.717) is 13.0 Å². The van der Waals surface area contributed by atoms with Crippen molar-refractivity contribution in [1.29, 1.82) is 0 Å². The number of aliphatic hydroxyl groups excluding tert-OH is 1. The molecule has 22 heavy (non-hydrogen) atoms. The third-order valence-corrected chi connectivity index (χ3v) is 4.34. The van der Waals surface area contributed by atoms with Crippen molar-refractivity contribution in [2.75, 3.05) is 13.2 Å². The molecule has 2 rings (SSSR count). The standard InChI is InChI=1S/C18H27NO3/c1-2-22-16-10-8-14(9-11-16)12-18(21)19-17-7-5-3-4-6-15(17)13-20/h8-11,15,17,20H,2-7,12-13H2,1H3,(H,19,21). The number of carbonyl (C=O) groups excluding carboxylic acids is 1. The van der Waals surface area contributed by atoms with Crippen molar-refractivity contribution in [3.05, 3.63) is 29.8 Å². The molecule has 1 aliphatic rings. The lowest BCUT2D eigenvalue weighted by atomic mass is 9.95. The summed E-state index contributed by atoms with van der Waals surface area (Å²) in [5.74, 6) is 1.07. The molecule has 0 saturated heterocycles. The Kier molecular flexibility index (Phi) is 6.72. The van der Waals surface area contributed by atoms with E-state index < -0.39 is 0 Å². The Hall–Kier alpha value is -1.55. The van der Waals surface area contributed by atoms with Gasteiger partial charge in [0, 0.05) is 18.6 Å². The van der Waals surface area contributed by atoms with Crippen molar-refractivity contribution in [2.24, 2.45) is 5.92 Å². The van der Waals surface area contributed by atoms with E-state index in [1.54, 1.807) is 0 Å². The highest BCUT2D eigenvalue weighted by molar-refractivity contribution is 5.78. The number of aliphatic hydroxyl groups is 1. The molecule has 0 aliphatic heterocycles. The van der Waals surface area contributed by atoms with Crippen LogP contribution < -0.4 is 10.1 Å². The highest BCUT2D eigenvalue weighted by Gasteiger charge is 2.24. The van der Waals surface area contributed by atoms with Gasteiger partial charge in [-0.3, -0.25) is 4.79 Å². The molecule has 0 radical (unpaired) electrons. The molecule has 0 bridgehead atoms. The second-order valence-corrected chi connectivity index (χ2v) is 6.01. The molecule has 4 heteroatoms. The summed E-state index contributed by atoms with van der Waals surface area (Å²) in [6.45, 7) is 2.75. The summed E-state index contributed by atoms with van der Waals surface area (Å²) in [6.07, 6.45) is 5.83. The minimum atomic E-state index is 0.0366. The minimum Gasteiger partial charge on any atom is -0.494 e. The number of amides is 1. The Morgan fingerprint density at radius 2 is 1.95 bits per heavy atom. The van der Waals surface area contributed by atoms with Gasteiger partial charge in [-0.25, -0.2) is 0 Å². The first-order valence-corrected chi connectivity index (χ1v) is 8.35. The Balaban J connectivity index is 1.88. The summed E-state index contributed by atoms with van der Waals surface area (Å²) in [6, 6.07) is 7.77. The summed E-state index contributed by atoms with van der Waals surface area (Å²) in [5.41, 5.74) is 0.982. The maximum Gasteiger partial charge on any atom is 0.224 e. The molecule has 4 nitrogen and oxygen atoms in total. The lowest BCUT2D eigenvalue weighted by molar-refractivity contribution is -0.121. The predicted octanol–water partition coefficient (Wildman–Crippen LogP) is 2.69. The largest absolute Gasteiger partial charge is 0.494 e. The van der Waals surface area contributed by atoms with Crippen molar-refractivity contribution >= 4 is 5.91 Å². The Bertz CT molecular complexity index is 458. The summed E-state index contributed by atoms with van der Waals surface area (Å²) in [4.78, 5) is 12.2. The molecule has 1 aromatic rings. The molecular formula is C18H27NO3. The van der Waals surface area contributed by atoms with Crippen LogP contribution in [0.25, 0.3) is 0 Å². The molecule has 1 amide bonds. The number of nitrogens with one attached hydrogen (secondary N) is 1. The van der Waals surface area contributed by atoms with Crippen LogP contribution in [-0.4, -0.2) is 30.3 Å². The van der Waals surface area contributed by atoms with Crippen molar-refractivity contribution in [3.63, 3.8) is 0 Å². The monoisotopic (exact) mass is 305 g/mol. The van der Waals surface area contributed by atoms with Gasteiger partial charge in [0.2, 0.25) is 5.91 Å². The number of rotatable bonds is 6. The van der Waals surface area contributed by atoms with Crippen LogP contribution in [0.3, 0.4) is 0 Å². The summed E-state index contributed by atoms with van der Waals surface area (Å²) >= 11 is 0. The zero-order valence-electron chi connectivity index (χ0n) is 13.4. The van der Waals surface area contributed by atoms with Gasteiger partial charge in [0.25, 0.3) is 0 Å². The fraction of sp³-hybridized carbons (Fsp3) is 0.611. The van der Waals surface area contributed by atoms with E-state index in [4.69, 9.17) is 4.74 Å². The number of benzene rings is 1. The number of carbonyl (C=O) groups is 1. The minimum absolute atomic E-state index is 0.0366. The Labute approximate surface area is 132 Å². The third-order valence-electron chi connectivity index (χ3n) is 4.34. The maximum atomic E-state index is 12.2. The van der Waals surface area contributed by atoms with E-state index in [-0.39, 0.29) is 24.5 Å². The van der Waals surface area contributed by atoms with E-state index in [0.717, 1.165) is 37.0 Å². The first-order chi connectivity index (χ1) is 10.7. The molecule has 0 spiro atoms. The van der Waals surface area contributed by atoms with Gasteiger partial charge in [-0.2, -0.15) is 0 Å². The number of hydrogen-bond donors (Lipinski definition) is 2. The van der Waals surface area contributed by atoms with Gasteiger partial charge in [-0.15, -0.1) is 0 Å². The molecule has 2 atom stereocenters. The average molecular weight is 305 g/mol. The Morgan fingerprint density at radius 1 is 1.23 bits per heavy atom. The van der Waals surface area contributed by atoms with Gasteiger partial charge in [-0.05, 0) is 37.5 Å². The normalized spacial score (nSPS) is 21.9. The Morgan fingerprint density at radius 3 is 2.64 bits per heavy atom. The van der Waals surface area contributed by atoms with Crippen LogP contribution in [0, 0.1) is 5.92 Å². The molecule has 2 unspecified atom stereocenters. The fourth-order valence-corrected chi connectivity index (χ4v) is 3.11. The maximum absolute atomic E-state index is 12.2. The average Bonchev–Trinajstić information content (AvgIpc) is 2.74. The smallest absolute Gasteiger partial charge is 0.224 e. The molecule has 122 valence electrons. The van der Waals surface area contributed by atoms with Gasteiger partial charge >= 0.3 is 0 Å². The molecule has 2 N–H and O–H groups in total. The lowest BCUT2D eigenvalue weighted by Crippen LogP contribution is -2.41. The van der Waals surface area contributed by atoms with E-state index in [1.165, 1.54) is 6.42 Å². The summed E-state index contributed by atoms with van der Waals surface area (Å²) in [5, 5.41) is 12.6. The van der Waals surface area contributed by atoms with Crippen LogP contribution in [0.1, 0.15) is 44.6 Å². The molecule has 1 aliphatic carbocycles. The molecular weight excluding hydrogens is 278 g/mol. The molecule has 1 fully saturated rings. The summed E-state index contributed by atoms with van der Waals surface area (Å²) < 4.78 is 5.40. The van der Waals surface area contributed by atoms with Crippen molar-refractivity contribution < 1.29 is 14.6 Å². The van der Waals surface area contributed by atoms with Crippen molar-refractivity contribution in [1.82, 2.24) is 5.32 Å². The first kappa shape index (κ1) is 16.8. The molecule has 0 aromatic heterocycles. The van der Waals surface area contributed by atoms with Gasteiger partial charge in [0.15, 0.2) is 0 Å². The van der Waals surface area contributed by atoms with E-state index in [1.807, 2.05) is 31.2 Å². The van der Waals surface area contributed by atoms with E-state index >= 15 is 0 Å². The highest BCUT2D eigenvalue weighted by atomic mass is 16.5. The topological polar surface area (TPSA) is 58.6 Å². The van der Waals surface area contributed by atoms with Crippen molar-refractivity contribution in [3.8, 4) is 5.75 Å². The van der Waals surface area contributed by atoms with Gasteiger partial charge in [0.1, 0.15) is 5.75 Å². The first-order valence-electron chi connectivity index (χ1n) is 8.35. The van der Waals surface area contributed by atoms with E-state index in [2.05, 4.69) is 5.32 Å². The van der Waals surface area contributed by atoms with Crippen LogP contribution in [0.4, 0.5) is 0 Å². The number of hydrogen-bond acceptors (Lipinski definition) is 3. The quantitative estimate of drug-likeness (QED) is 0.795. The molecule has 1 aromatic carbocycles. The SMILES string of the molecule is CCOc1ccc(CC(=O)NC2CCCCCC2CO)cc1. The van der Waals surface area contributed by atoms with Crippen LogP contribution in [0.15, 0.2) is 24.3 Å². The second-order valence-electron chi connectivity index (χ2n) is 6.01. The van der Waals surface area contributed by atoms with Crippen LogP contribution in [0.2, 0.25) is 0 Å². The van der Waals surface area contributed by atoms with Crippen LogP contribution >= 0.6 is 0 Å². The van der Waals surface area contributed by atoms with E-state index in [9.17, 15) is 9.90 Å². The molecule has 0 heterocycles. The molecule has 1 saturated carbocycles. The predicted molar refractivity (Wildman–Crippen MR) is 86.9 cm³/mol. The number of ether oxygens (including phenoxy) is 1. The fourth-order valence-electron chi connectivity index (χ4n) is 3.11. The third kappa shape index (κ3) is 5.02. The van der Waals surface area contributed by atoms with Crippen LogP contribution in [-0.2, 0) is 11.2 Å². The second kappa shape index (κ2) is 8.79. The van der Waals surface area contributed by atoms with Gasteiger partial charge in [0.05, 0.1) is 13.0 Å². The van der Waals surface area contributed by atoms with Gasteiger partial charge in [-0.1, -0.05) is 31.4 Å². The lowest BCUT2D eigenvalue weighted by Gasteiger charge is -2.24. The van der Waals surface area contributed by atoms with Crippen molar-refractivity contribution in [2.45, 2.75) is 51.5 Å².